The molecule has 0 spiro atoms. The SMILES string of the molecule is CC(C)(C)[C@H]1CC[C@H](Oc2ccc(-c3csc(N(CCC(=O)O)C4CCCC4)n3)cc2)CC1. The molecular formula is C27H38N2O3S. The Morgan fingerprint density at radius 2 is 1.76 bits per heavy atom. The zero-order valence-corrected chi connectivity index (χ0v) is 21.1. The molecule has 6 heteroatoms. The van der Waals surface area contributed by atoms with Crippen LogP contribution in [0, 0.1) is 11.3 Å². The molecule has 1 aromatic heterocycles. The number of carboxylic acids is 1. The minimum Gasteiger partial charge on any atom is -0.490 e. The summed E-state index contributed by atoms with van der Waals surface area (Å²) in [5.41, 5.74) is 2.41. The third kappa shape index (κ3) is 6.28. The standard InChI is InChI=1S/C27H38N2O3S/c1-27(2,3)20-10-14-23(15-11-20)32-22-12-8-19(9-13-22)24-18-33-26(28-24)29(17-16-25(30)31)21-6-4-5-7-21/h8-9,12-13,18,20-21,23H,4-7,10-11,14-17H2,1-3H3,(H,30,31)/t20-,23-. The van der Waals surface area contributed by atoms with Crippen molar-refractivity contribution in [2.75, 3.05) is 11.4 Å². The molecule has 2 aliphatic carbocycles. The quantitative estimate of drug-likeness (QED) is 0.449. The minimum absolute atomic E-state index is 0.148. The van der Waals surface area contributed by atoms with E-state index in [1.54, 1.807) is 11.3 Å². The molecule has 2 aromatic rings. The summed E-state index contributed by atoms with van der Waals surface area (Å²) < 4.78 is 6.29. The summed E-state index contributed by atoms with van der Waals surface area (Å²) in [4.78, 5) is 18.3. The molecule has 0 saturated heterocycles. The van der Waals surface area contributed by atoms with E-state index < -0.39 is 5.97 Å². The van der Waals surface area contributed by atoms with Crippen LogP contribution in [-0.4, -0.2) is 34.8 Å². The highest BCUT2D eigenvalue weighted by molar-refractivity contribution is 7.14. The molecule has 4 rings (SSSR count). The first-order chi connectivity index (χ1) is 15.8. The zero-order valence-electron chi connectivity index (χ0n) is 20.3. The van der Waals surface area contributed by atoms with Crippen LogP contribution in [0.4, 0.5) is 5.13 Å². The molecule has 1 N–H and O–H groups in total. The van der Waals surface area contributed by atoms with Gasteiger partial charge in [-0.3, -0.25) is 4.79 Å². The Bertz CT molecular complexity index is 904. The average Bonchev–Trinajstić information content (AvgIpc) is 3.47. The number of rotatable bonds is 8. The van der Waals surface area contributed by atoms with Crippen molar-refractivity contribution in [3.05, 3.63) is 29.6 Å². The van der Waals surface area contributed by atoms with Crippen LogP contribution in [-0.2, 0) is 4.79 Å². The number of hydrogen-bond acceptors (Lipinski definition) is 5. The molecule has 0 amide bonds. The van der Waals surface area contributed by atoms with Crippen LogP contribution in [0.25, 0.3) is 11.3 Å². The molecule has 0 radical (unpaired) electrons. The Hall–Kier alpha value is -2.08. The summed E-state index contributed by atoms with van der Waals surface area (Å²) in [5.74, 6) is 0.970. The summed E-state index contributed by atoms with van der Waals surface area (Å²) in [7, 11) is 0. The summed E-state index contributed by atoms with van der Waals surface area (Å²) in [6.45, 7) is 7.57. The molecule has 0 unspecified atom stereocenters. The normalized spacial score (nSPS) is 21.8. The van der Waals surface area contributed by atoms with Crippen LogP contribution in [0.1, 0.15) is 78.6 Å². The third-order valence-electron chi connectivity index (χ3n) is 7.42. The van der Waals surface area contributed by atoms with Crippen molar-refractivity contribution < 1.29 is 14.6 Å². The van der Waals surface area contributed by atoms with Gasteiger partial charge in [-0.15, -0.1) is 11.3 Å². The monoisotopic (exact) mass is 470 g/mol. The van der Waals surface area contributed by atoms with Gasteiger partial charge in [-0.05, 0) is 74.1 Å². The Balaban J connectivity index is 1.37. The largest absolute Gasteiger partial charge is 0.490 e. The van der Waals surface area contributed by atoms with Gasteiger partial charge in [-0.1, -0.05) is 33.6 Å². The maximum absolute atomic E-state index is 11.2. The van der Waals surface area contributed by atoms with Crippen LogP contribution in [0.15, 0.2) is 29.6 Å². The number of aliphatic carboxylic acids is 1. The number of thiazole rings is 1. The molecule has 1 heterocycles. The summed E-state index contributed by atoms with van der Waals surface area (Å²) in [6, 6.07) is 8.71. The Kier molecular flexibility index (Phi) is 7.62. The first-order valence-electron chi connectivity index (χ1n) is 12.5. The van der Waals surface area contributed by atoms with Crippen LogP contribution in [0.3, 0.4) is 0 Å². The lowest BCUT2D eigenvalue weighted by atomic mass is 9.72. The van der Waals surface area contributed by atoms with Crippen molar-refractivity contribution in [2.45, 2.75) is 90.7 Å². The fraction of sp³-hybridized carbons (Fsp3) is 0.630. The summed E-state index contributed by atoms with van der Waals surface area (Å²) >= 11 is 1.62. The van der Waals surface area contributed by atoms with Gasteiger partial charge in [0.1, 0.15) is 5.75 Å². The van der Waals surface area contributed by atoms with E-state index in [0.29, 0.717) is 24.1 Å². The third-order valence-corrected chi connectivity index (χ3v) is 8.30. The second-order valence-corrected chi connectivity index (χ2v) is 11.6. The number of benzene rings is 1. The van der Waals surface area contributed by atoms with Gasteiger partial charge in [0.05, 0.1) is 18.2 Å². The van der Waals surface area contributed by atoms with Crippen molar-refractivity contribution in [2.24, 2.45) is 11.3 Å². The maximum Gasteiger partial charge on any atom is 0.305 e. The number of ether oxygens (including phenoxy) is 1. The van der Waals surface area contributed by atoms with Crippen molar-refractivity contribution in [1.82, 2.24) is 4.98 Å². The fourth-order valence-electron chi connectivity index (χ4n) is 5.34. The Labute approximate surface area is 202 Å². The molecular weight excluding hydrogens is 432 g/mol. The van der Waals surface area contributed by atoms with Gasteiger partial charge >= 0.3 is 5.97 Å². The first kappa shape index (κ1) is 24.1. The van der Waals surface area contributed by atoms with Gasteiger partial charge in [0.2, 0.25) is 0 Å². The van der Waals surface area contributed by atoms with E-state index in [-0.39, 0.29) is 6.42 Å². The lowest BCUT2D eigenvalue weighted by Crippen LogP contribution is -2.35. The van der Waals surface area contributed by atoms with E-state index in [0.717, 1.165) is 53.7 Å². The maximum atomic E-state index is 11.2. The zero-order chi connectivity index (χ0) is 23.4. The first-order valence-corrected chi connectivity index (χ1v) is 13.4. The average molecular weight is 471 g/mol. The molecule has 2 saturated carbocycles. The minimum atomic E-state index is -0.753. The van der Waals surface area contributed by atoms with E-state index in [2.05, 4.69) is 55.3 Å². The molecule has 0 aliphatic heterocycles. The van der Waals surface area contributed by atoms with Gasteiger partial charge in [0.15, 0.2) is 5.13 Å². The van der Waals surface area contributed by atoms with E-state index in [1.807, 2.05) is 0 Å². The number of carbonyl (C=O) groups is 1. The molecule has 0 atom stereocenters. The Morgan fingerprint density at radius 1 is 1.09 bits per heavy atom. The highest BCUT2D eigenvalue weighted by atomic mass is 32.1. The van der Waals surface area contributed by atoms with E-state index in [1.165, 1.54) is 25.7 Å². The van der Waals surface area contributed by atoms with E-state index in [9.17, 15) is 9.90 Å². The highest BCUT2D eigenvalue weighted by Crippen LogP contribution is 2.39. The van der Waals surface area contributed by atoms with Crippen molar-refractivity contribution >= 4 is 22.4 Å². The molecule has 33 heavy (non-hydrogen) atoms. The van der Waals surface area contributed by atoms with E-state index in [4.69, 9.17) is 9.72 Å². The Morgan fingerprint density at radius 3 is 2.36 bits per heavy atom. The lowest BCUT2D eigenvalue weighted by molar-refractivity contribution is -0.136. The lowest BCUT2D eigenvalue weighted by Gasteiger charge is -2.36. The second-order valence-electron chi connectivity index (χ2n) is 10.8. The molecule has 5 nitrogen and oxygen atoms in total. The topological polar surface area (TPSA) is 62.7 Å². The molecule has 2 fully saturated rings. The molecule has 2 aliphatic rings. The van der Waals surface area contributed by atoms with Crippen molar-refractivity contribution in [1.29, 1.82) is 0 Å². The summed E-state index contributed by atoms with van der Waals surface area (Å²) in [5, 5.41) is 12.2. The number of hydrogen-bond donors (Lipinski definition) is 1. The van der Waals surface area contributed by atoms with Gasteiger partial charge in [0.25, 0.3) is 0 Å². The smallest absolute Gasteiger partial charge is 0.305 e. The van der Waals surface area contributed by atoms with E-state index >= 15 is 0 Å². The number of anilines is 1. The predicted molar refractivity (Wildman–Crippen MR) is 135 cm³/mol. The fourth-order valence-corrected chi connectivity index (χ4v) is 6.27. The van der Waals surface area contributed by atoms with Crippen LogP contribution >= 0.6 is 11.3 Å². The van der Waals surface area contributed by atoms with Crippen molar-refractivity contribution in [3.8, 4) is 17.0 Å². The number of aromatic nitrogens is 1. The molecule has 0 bridgehead atoms. The second kappa shape index (κ2) is 10.5. The summed E-state index contributed by atoms with van der Waals surface area (Å²) in [6.07, 6.45) is 9.89. The van der Waals surface area contributed by atoms with Crippen LogP contribution in [0.5, 0.6) is 5.75 Å². The van der Waals surface area contributed by atoms with Gasteiger partial charge in [-0.2, -0.15) is 0 Å². The van der Waals surface area contributed by atoms with Gasteiger partial charge < -0.3 is 14.7 Å². The number of nitrogens with zero attached hydrogens (tertiary/aromatic N) is 2. The van der Waals surface area contributed by atoms with Crippen LogP contribution < -0.4 is 9.64 Å². The van der Waals surface area contributed by atoms with Gasteiger partial charge in [-0.25, -0.2) is 4.98 Å². The van der Waals surface area contributed by atoms with Crippen LogP contribution in [0.2, 0.25) is 0 Å². The highest BCUT2D eigenvalue weighted by Gasteiger charge is 2.30. The van der Waals surface area contributed by atoms with Gasteiger partial charge in [0, 0.05) is 23.5 Å². The molecule has 180 valence electrons. The number of carboxylic acid groups (broad SMARTS) is 1. The van der Waals surface area contributed by atoms with Crippen molar-refractivity contribution in [3.63, 3.8) is 0 Å². The molecule has 1 aromatic carbocycles. The predicted octanol–water partition coefficient (Wildman–Crippen LogP) is 7.02.